The number of nitrogens with one attached hydrogen (secondary N) is 4. The zero-order valence-corrected chi connectivity index (χ0v) is 33.4. The van der Waals surface area contributed by atoms with Crippen molar-refractivity contribution in [2.45, 2.75) is 154 Å². The van der Waals surface area contributed by atoms with Crippen LogP contribution in [0.15, 0.2) is 12.7 Å². The van der Waals surface area contributed by atoms with Gasteiger partial charge in [0.15, 0.2) is 5.78 Å². The Balaban J connectivity index is 6.82. The number of thioether (sulfide) groups is 1. The number of rotatable bonds is 29. The molecule has 0 aliphatic heterocycles. The van der Waals surface area contributed by atoms with E-state index < -0.39 is 88.6 Å². The monoisotopic (exact) mass is 758 g/mol. The molecule has 2 amide bonds. The molecule has 0 heterocycles. The Labute approximate surface area is 314 Å². The van der Waals surface area contributed by atoms with Crippen LogP contribution in [0, 0.1) is 17.8 Å². The lowest BCUT2D eigenvalue weighted by molar-refractivity contribution is -0.146. The van der Waals surface area contributed by atoms with E-state index in [2.05, 4.69) is 27.8 Å². The summed E-state index contributed by atoms with van der Waals surface area (Å²) in [5, 5.41) is 51.3. The van der Waals surface area contributed by atoms with Gasteiger partial charge >= 0.3 is 17.9 Å². The summed E-state index contributed by atoms with van der Waals surface area (Å²) in [6, 6.07) is -3.47. The maximum absolute atomic E-state index is 14.7. The number of Topliss-reactive ketones (excluding diaryl/α,β-unsaturated/α-hetero) is 1. The van der Waals surface area contributed by atoms with Gasteiger partial charge in [-0.3, -0.25) is 34.1 Å². The molecule has 0 aliphatic rings. The van der Waals surface area contributed by atoms with Gasteiger partial charge in [0.25, 0.3) is 0 Å². The minimum atomic E-state index is -1.44. The molecule has 15 heteroatoms. The first-order valence-electron chi connectivity index (χ1n) is 18.4. The predicted octanol–water partition coefficient (Wildman–Crippen LogP) is 3.60. The van der Waals surface area contributed by atoms with Gasteiger partial charge in [-0.2, -0.15) is 11.8 Å². The van der Waals surface area contributed by atoms with E-state index in [0.29, 0.717) is 19.3 Å². The number of carbonyl (C=O) groups excluding carboxylic acids is 3. The van der Waals surface area contributed by atoms with E-state index in [1.807, 2.05) is 27.0 Å². The van der Waals surface area contributed by atoms with Crippen LogP contribution in [0.2, 0.25) is 0 Å². The van der Waals surface area contributed by atoms with Crippen molar-refractivity contribution < 1.29 is 49.2 Å². The van der Waals surface area contributed by atoms with E-state index in [4.69, 9.17) is 0 Å². The van der Waals surface area contributed by atoms with Gasteiger partial charge in [0.1, 0.15) is 6.04 Å². The van der Waals surface area contributed by atoms with E-state index in [-0.39, 0.29) is 50.3 Å². The highest BCUT2D eigenvalue weighted by Gasteiger charge is 2.44. The highest BCUT2D eigenvalue weighted by Crippen LogP contribution is 2.27. The van der Waals surface area contributed by atoms with Crippen molar-refractivity contribution in [3.63, 3.8) is 0 Å². The summed E-state index contributed by atoms with van der Waals surface area (Å²) in [6.45, 7) is 17.6. The van der Waals surface area contributed by atoms with Crippen molar-refractivity contribution in [3.8, 4) is 0 Å². The van der Waals surface area contributed by atoms with Gasteiger partial charge in [0, 0.05) is 23.8 Å². The van der Waals surface area contributed by atoms with Crippen molar-refractivity contribution in [2.24, 2.45) is 17.8 Å². The fraction of sp³-hybridized carbons (Fsp3) is 0.784. The highest BCUT2D eigenvalue weighted by molar-refractivity contribution is 7.99. The number of carbonyl (C=O) groups is 6. The van der Waals surface area contributed by atoms with Crippen LogP contribution >= 0.6 is 11.8 Å². The SMILES string of the molecule is C=CC(CC(C)C(NC(CC)(CC)C(=O)C(CCC(=O)NCC(C(=O)O)C(O)CC)NC(=O)C(CC(C)C(=O)O)NC(C)(CC)CC)C(=O)O)SC. The number of amides is 2. The predicted molar refractivity (Wildman–Crippen MR) is 203 cm³/mol. The number of aliphatic carboxylic acids is 3. The van der Waals surface area contributed by atoms with Crippen LogP contribution < -0.4 is 21.3 Å². The van der Waals surface area contributed by atoms with Crippen LogP contribution in [0.25, 0.3) is 0 Å². The molecule has 0 bridgehead atoms. The lowest BCUT2D eigenvalue weighted by Crippen LogP contribution is -2.65. The number of carboxylic acids is 3. The Bertz CT molecular complexity index is 1190. The first-order chi connectivity index (χ1) is 24.2. The van der Waals surface area contributed by atoms with Crippen LogP contribution in [0.4, 0.5) is 0 Å². The Hall–Kier alpha value is -3.01. The summed E-state index contributed by atoms with van der Waals surface area (Å²) in [5.41, 5.74) is -1.97. The van der Waals surface area contributed by atoms with Crippen LogP contribution in [-0.2, 0) is 28.8 Å². The molecule has 14 nitrogen and oxygen atoms in total. The van der Waals surface area contributed by atoms with Gasteiger partial charge in [-0.15, -0.1) is 6.58 Å². The summed E-state index contributed by atoms with van der Waals surface area (Å²) in [7, 11) is 0. The van der Waals surface area contributed by atoms with Crippen molar-refractivity contribution in [3.05, 3.63) is 12.7 Å². The fourth-order valence-electron chi connectivity index (χ4n) is 6.11. The standard InChI is InChI=1S/C37H66N4O10S/c1-11-24(52-10)19-22(7)30(35(50)51)41-37(15-5,16-6)31(44)26(17-18-29(43)38-21-25(34(48)49)28(42)12-2)39-32(45)27(20-23(8)33(46)47)40-36(9,13-3)14-4/h11,22-28,30,40-42H,1,12-21H2,2-10H3,(H,38,43)(H,39,45)(H,46,47)(H,48,49)(H,50,51). The molecule has 300 valence electrons. The van der Waals surface area contributed by atoms with E-state index in [1.54, 1.807) is 33.8 Å². The molecule has 52 heavy (non-hydrogen) atoms. The Morgan fingerprint density at radius 1 is 0.827 bits per heavy atom. The topological polar surface area (TPSA) is 231 Å². The molecule has 0 rings (SSSR count). The van der Waals surface area contributed by atoms with Crippen molar-refractivity contribution in [1.29, 1.82) is 0 Å². The molecular formula is C37H66N4O10S. The molecule has 8 N–H and O–H groups in total. The molecule has 0 fully saturated rings. The number of hydrogen-bond donors (Lipinski definition) is 8. The second-order valence-electron chi connectivity index (χ2n) is 14.1. The van der Waals surface area contributed by atoms with E-state index in [0.717, 1.165) is 0 Å². The summed E-state index contributed by atoms with van der Waals surface area (Å²) < 4.78 is 0. The van der Waals surface area contributed by atoms with Crippen molar-refractivity contribution >= 4 is 47.3 Å². The third-order valence-corrected chi connectivity index (χ3v) is 11.5. The van der Waals surface area contributed by atoms with Gasteiger partial charge in [0.05, 0.1) is 35.6 Å². The van der Waals surface area contributed by atoms with Gasteiger partial charge in [-0.25, -0.2) is 0 Å². The van der Waals surface area contributed by atoms with Gasteiger partial charge in [0.2, 0.25) is 11.8 Å². The van der Waals surface area contributed by atoms with Crippen molar-refractivity contribution in [1.82, 2.24) is 21.3 Å². The normalized spacial score (nSPS) is 16.7. The van der Waals surface area contributed by atoms with Gasteiger partial charge in [-0.05, 0) is 70.5 Å². The molecule has 0 spiro atoms. The minimum absolute atomic E-state index is 0.0220. The molecule has 8 atom stereocenters. The molecule has 0 aliphatic carbocycles. The lowest BCUT2D eigenvalue weighted by atomic mass is 9.80. The lowest BCUT2D eigenvalue weighted by Gasteiger charge is -2.39. The third kappa shape index (κ3) is 15.2. The van der Waals surface area contributed by atoms with E-state index >= 15 is 0 Å². The summed E-state index contributed by atoms with van der Waals surface area (Å²) in [4.78, 5) is 77.9. The largest absolute Gasteiger partial charge is 0.481 e. The quantitative estimate of drug-likeness (QED) is 0.0511. The average molecular weight is 759 g/mol. The van der Waals surface area contributed by atoms with Crippen LogP contribution in [0.1, 0.15) is 113 Å². The first-order valence-corrected chi connectivity index (χ1v) is 19.7. The number of aliphatic hydroxyl groups is 1. The number of ketones is 1. The van der Waals surface area contributed by atoms with Crippen LogP contribution in [0.5, 0.6) is 0 Å². The van der Waals surface area contributed by atoms with Crippen molar-refractivity contribution in [2.75, 3.05) is 12.8 Å². The second-order valence-corrected chi connectivity index (χ2v) is 15.2. The second kappa shape index (κ2) is 23.6. The van der Waals surface area contributed by atoms with E-state index in [9.17, 15) is 49.2 Å². The van der Waals surface area contributed by atoms with Crippen LogP contribution in [0.3, 0.4) is 0 Å². The van der Waals surface area contributed by atoms with Gasteiger partial charge in [-0.1, -0.05) is 54.5 Å². The zero-order chi connectivity index (χ0) is 40.4. The molecule has 0 aromatic rings. The molecule has 0 aromatic carbocycles. The molecule has 0 saturated heterocycles. The Kier molecular flexibility index (Phi) is 22.2. The minimum Gasteiger partial charge on any atom is -0.481 e. The fourth-order valence-corrected chi connectivity index (χ4v) is 6.79. The molecule has 0 aromatic heterocycles. The molecule has 0 radical (unpaired) electrons. The average Bonchev–Trinajstić information content (AvgIpc) is 3.11. The van der Waals surface area contributed by atoms with Gasteiger partial charge < -0.3 is 36.4 Å². The first kappa shape index (κ1) is 49.0. The summed E-state index contributed by atoms with van der Waals surface area (Å²) in [6.07, 6.45) is 4.02. The van der Waals surface area contributed by atoms with E-state index in [1.165, 1.54) is 18.7 Å². The van der Waals surface area contributed by atoms with Crippen LogP contribution in [-0.4, -0.2) is 109 Å². The third-order valence-electron chi connectivity index (χ3n) is 10.5. The smallest absolute Gasteiger partial charge is 0.320 e. The maximum atomic E-state index is 14.7. The number of carboxylic acid groups (broad SMARTS) is 3. The zero-order valence-electron chi connectivity index (χ0n) is 32.6. The Morgan fingerprint density at radius 2 is 1.40 bits per heavy atom. The molecular weight excluding hydrogens is 692 g/mol. The molecule has 8 unspecified atom stereocenters. The summed E-state index contributed by atoms with van der Waals surface area (Å²) >= 11 is 1.53. The Morgan fingerprint density at radius 3 is 1.83 bits per heavy atom. The number of hydrogen-bond acceptors (Lipinski definition) is 10. The summed E-state index contributed by atoms with van der Waals surface area (Å²) in [5.74, 6) is -7.91. The number of aliphatic hydroxyl groups excluding tert-OH is 1. The molecule has 0 saturated carbocycles. The highest BCUT2D eigenvalue weighted by atomic mass is 32.2. The maximum Gasteiger partial charge on any atom is 0.320 e.